The summed E-state index contributed by atoms with van der Waals surface area (Å²) in [6, 6.07) is 1.73. The lowest BCUT2D eigenvalue weighted by Gasteiger charge is -1.94. The van der Waals surface area contributed by atoms with E-state index in [9.17, 15) is 0 Å². The molecule has 0 aliphatic carbocycles. The highest BCUT2D eigenvalue weighted by atomic mass is 16.3. The quantitative estimate of drug-likeness (QED) is 0.701. The van der Waals surface area contributed by atoms with Crippen LogP contribution in [0.2, 0.25) is 0 Å². The second-order valence-electron chi connectivity index (χ2n) is 2.36. The molecule has 2 rings (SSSR count). The number of anilines is 1. The predicted octanol–water partition coefficient (Wildman–Crippen LogP) is 0.502. The molecule has 0 aliphatic rings. The van der Waals surface area contributed by atoms with Crippen molar-refractivity contribution in [2.75, 3.05) is 5.73 Å². The van der Waals surface area contributed by atoms with Crippen molar-refractivity contribution < 1.29 is 4.42 Å². The Hall–Kier alpha value is -1.78. The summed E-state index contributed by atoms with van der Waals surface area (Å²) in [5.41, 5.74) is 5.42. The van der Waals surface area contributed by atoms with Gasteiger partial charge >= 0.3 is 0 Å². The minimum Gasteiger partial charge on any atom is -0.447 e. The summed E-state index contributed by atoms with van der Waals surface area (Å²) >= 11 is 0. The highest BCUT2D eigenvalue weighted by molar-refractivity contribution is 5.23. The number of nitrogen functional groups attached to an aromatic ring is 1. The van der Waals surface area contributed by atoms with Crippen molar-refractivity contribution in [3.8, 4) is 0 Å². The zero-order valence-corrected chi connectivity index (χ0v) is 6.34. The molecule has 5 nitrogen and oxygen atoms in total. The molecule has 0 bridgehead atoms. The third-order valence-electron chi connectivity index (χ3n) is 1.44. The largest absolute Gasteiger partial charge is 0.447 e. The second kappa shape index (κ2) is 2.69. The minimum atomic E-state index is 0.501. The Labute approximate surface area is 68.8 Å². The molecule has 5 heteroatoms. The number of nitrogens with two attached hydrogens (primary N) is 1. The van der Waals surface area contributed by atoms with Crippen molar-refractivity contribution in [3.63, 3.8) is 0 Å². The van der Waals surface area contributed by atoms with Gasteiger partial charge in [-0.25, -0.2) is 4.98 Å². The SMILES string of the molecule is Nc1ccn(Cc2ncco2)n1. The molecule has 0 saturated carbocycles. The Morgan fingerprint density at radius 2 is 2.50 bits per heavy atom. The highest BCUT2D eigenvalue weighted by Crippen LogP contribution is 2.00. The van der Waals surface area contributed by atoms with E-state index in [-0.39, 0.29) is 0 Å². The number of aromatic nitrogens is 3. The first-order valence-electron chi connectivity index (χ1n) is 3.52. The molecule has 0 radical (unpaired) electrons. The van der Waals surface area contributed by atoms with Gasteiger partial charge in [-0.05, 0) is 6.07 Å². The molecule has 2 aromatic heterocycles. The van der Waals surface area contributed by atoms with Crippen LogP contribution in [0.4, 0.5) is 5.82 Å². The molecule has 0 aromatic carbocycles. The summed E-state index contributed by atoms with van der Waals surface area (Å²) in [4.78, 5) is 3.95. The fraction of sp³-hybridized carbons (Fsp3) is 0.143. The van der Waals surface area contributed by atoms with E-state index < -0.39 is 0 Å². The molecule has 0 fully saturated rings. The predicted molar refractivity (Wildman–Crippen MR) is 42.2 cm³/mol. The zero-order chi connectivity index (χ0) is 8.39. The van der Waals surface area contributed by atoms with E-state index in [2.05, 4.69) is 10.1 Å². The van der Waals surface area contributed by atoms with Gasteiger partial charge in [-0.15, -0.1) is 0 Å². The lowest BCUT2D eigenvalue weighted by Crippen LogP contribution is -2.00. The third kappa shape index (κ3) is 1.29. The molecule has 0 atom stereocenters. The van der Waals surface area contributed by atoms with Gasteiger partial charge in [-0.1, -0.05) is 0 Å². The Kier molecular flexibility index (Phi) is 1.55. The number of hydrogen-bond acceptors (Lipinski definition) is 4. The van der Waals surface area contributed by atoms with Gasteiger partial charge in [0.05, 0.1) is 6.20 Å². The smallest absolute Gasteiger partial charge is 0.215 e. The van der Waals surface area contributed by atoms with Crippen molar-refractivity contribution in [1.82, 2.24) is 14.8 Å². The van der Waals surface area contributed by atoms with Crippen LogP contribution in [-0.4, -0.2) is 14.8 Å². The summed E-state index contributed by atoms with van der Waals surface area (Å²) in [5.74, 6) is 1.12. The van der Waals surface area contributed by atoms with Gasteiger partial charge in [0.2, 0.25) is 5.89 Å². The van der Waals surface area contributed by atoms with E-state index in [0.29, 0.717) is 18.3 Å². The summed E-state index contributed by atoms with van der Waals surface area (Å²) in [5, 5.41) is 3.98. The monoisotopic (exact) mass is 164 g/mol. The molecule has 0 unspecified atom stereocenters. The Balaban J connectivity index is 2.14. The first-order chi connectivity index (χ1) is 5.84. The highest BCUT2D eigenvalue weighted by Gasteiger charge is 1.99. The standard InChI is InChI=1S/C7H8N4O/c8-6-1-3-11(10-6)5-7-9-2-4-12-7/h1-4H,5H2,(H2,8,10). The van der Waals surface area contributed by atoms with Crippen LogP contribution in [0.1, 0.15) is 5.89 Å². The van der Waals surface area contributed by atoms with Crippen molar-refractivity contribution in [2.24, 2.45) is 0 Å². The number of oxazole rings is 1. The lowest BCUT2D eigenvalue weighted by atomic mass is 10.6. The van der Waals surface area contributed by atoms with Gasteiger partial charge in [-0.2, -0.15) is 5.10 Å². The first-order valence-corrected chi connectivity index (χ1v) is 3.52. The molecule has 0 spiro atoms. The molecule has 0 saturated heterocycles. The van der Waals surface area contributed by atoms with Crippen molar-refractivity contribution in [1.29, 1.82) is 0 Å². The van der Waals surface area contributed by atoms with Crippen LogP contribution in [0.15, 0.2) is 29.1 Å². The van der Waals surface area contributed by atoms with Gasteiger partial charge in [0.1, 0.15) is 18.6 Å². The van der Waals surface area contributed by atoms with Crippen LogP contribution < -0.4 is 5.73 Å². The average Bonchev–Trinajstić information content (AvgIpc) is 2.63. The molecule has 2 N–H and O–H groups in total. The van der Waals surface area contributed by atoms with E-state index >= 15 is 0 Å². The van der Waals surface area contributed by atoms with Crippen LogP contribution in [0.5, 0.6) is 0 Å². The number of rotatable bonds is 2. The van der Waals surface area contributed by atoms with Crippen molar-refractivity contribution in [2.45, 2.75) is 6.54 Å². The van der Waals surface area contributed by atoms with E-state index in [1.165, 1.54) is 6.26 Å². The molecule has 12 heavy (non-hydrogen) atoms. The molecule has 2 aromatic rings. The normalized spacial score (nSPS) is 10.3. The summed E-state index contributed by atoms with van der Waals surface area (Å²) in [6.45, 7) is 0.518. The third-order valence-corrected chi connectivity index (χ3v) is 1.44. The number of hydrogen-bond donors (Lipinski definition) is 1. The average molecular weight is 164 g/mol. The van der Waals surface area contributed by atoms with Crippen molar-refractivity contribution >= 4 is 5.82 Å². The van der Waals surface area contributed by atoms with Crippen LogP contribution in [0.3, 0.4) is 0 Å². The summed E-state index contributed by atoms with van der Waals surface area (Å²) in [6.07, 6.45) is 4.91. The molecule has 0 amide bonds. The Bertz CT molecular complexity index is 351. The molecular formula is C7H8N4O. The summed E-state index contributed by atoms with van der Waals surface area (Å²) in [7, 11) is 0. The van der Waals surface area contributed by atoms with Gasteiger partial charge in [0, 0.05) is 6.20 Å². The number of nitrogens with zero attached hydrogens (tertiary/aromatic N) is 3. The maximum Gasteiger partial charge on any atom is 0.215 e. The van der Waals surface area contributed by atoms with Gasteiger partial charge in [-0.3, -0.25) is 4.68 Å². The molecule has 62 valence electrons. The first kappa shape index (κ1) is 6.90. The van der Waals surface area contributed by atoms with E-state index in [4.69, 9.17) is 10.2 Å². The zero-order valence-electron chi connectivity index (χ0n) is 6.34. The molecule has 0 aliphatic heterocycles. The van der Waals surface area contributed by atoms with Crippen LogP contribution in [0.25, 0.3) is 0 Å². The fourth-order valence-electron chi connectivity index (χ4n) is 0.935. The Morgan fingerprint density at radius 3 is 3.08 bits per heavy atom. The molecular weight excluding hydrogens is 156 g/mol. The van der Waals surface area contributed by atoms with Gasteiger partial charge in [0.25, 0.3) is 0 Å². The van der Waals surface area contributed by atoms with Crippen molar-refractivity contribution in [3.05, 3.63) is 30.6 Å². The molecule has 2 heterocycles. The lowest BCUT2D eigenvalue weighted by molar-refractivity contribution is 0.465. The summed E-state index contributed by atoms with van der Waals surface area (Å²) < 4.78 is 6.70. The maximum absolute atomic E-state index is 5.42. The van der Waals surface area contributed by atoms with E-state index in [0.717, 1.165) is 0 Å². The van der Waals surface area contributed by atoms with Gasteiger partial charge in [0.15, 0.2) is 0 Å². The minimum absolute atomic E-state index is 0.501. The van der Waals surface area contributed by atoms with Crippen LogP contribution in [-0.2, 0) is 6.54 Å². The van der Waals surface area contributed by atoms with Crippen LogP contribution in [0, 0.1) is 0 Å². The fourth-order valence-corrected chi connectivity index (χ4v) is 0.935. The van der Waals surface area contributed by atoms with E-state index in [1.54, 1.807) is 23.1 Å². The van der Waals surface area contributed by atoms with E-state index in [1.807, 2.05) is 0 Å². The van der Waals surface area contributed by atoms with Gasteiger partial charge < -0.3 is 10.2 Å². The Morgan fingerprint density at radius 1 is 1.58 bits per heavy atom. The maximum atomic E-state index is 5.42. The second-order valence-corrected chi connectivity index (χ2v) is 2.36. The topological polar surface area (TPSA) is 69.9 Å². The van der Waals surface area contributed by atoms with Crippen LogP contribution >= 0.6 is 0 Å².